The zero-order valence-corrected chi connectivity index (χ0v) is 13.3. The highest BCUT2D eigenvalue weighted by Gasteiger charge is 2.36. The van der Waals surface area contributed by atoms with Crippen molar-refractivity contribution < 1.29 is 9.59 Å². The van der Waals surface area contributed by atoms with Crippen LogP contribution in [0.1, 0.15) is 19.8 Å². The van der Waals surface area contributed by atoms with Gasteiger partial charge in [-0.05, 0) is 12.5 Å². The van der Waals surface area contributed by atoms with Crippen molar-refractivity contribution >= 4 is 46.7 Å². The number of nitrogens with zero attached hydrogens (tertiary/aromatic N) is 2. The van der Waals surface area contributed by atoms with Crippen LogP contribution in [-0.2, 0) is 9.59 Å². The minimum absolute atomic E-state index is 0.0910. The summed E-state index contributed by atoms with van der Waals surface area (Å²) in [5, 5.41) is 6.70. The molecule has 1 aliphatic heterocycles. The SMILES string of the molecule is CCCNc1nc(NC2CC(=O)N(C)C2=O)c(Cl)cc1Cl. The summed E-state index contributed by atoms with van der Waals surface area (Å²) >= 11 is 12.1. The molecule has 1 saturated heterocycles. The summed E-state index contributed by atoms with van der Waals surface area (Å²) in [5.74, 6) is 0.305. The van der Waals surface area contributed by atoms with Crippen molar-refractivity contribution in [1.29, 1.82) is 0 Å². The molecule has 0 radical (unpaired) electrons. The Bertz CT molecular complexity index is 580. The van der Waals surface area contributed by atoms with Crippen LogP contribution in [0, 0.1) is 0 Å². The Labute approximate surface area is 132 Å². The zero-order valence-electron chi connectivity index (χ0n) is 11.7. The lowest BCUT2D eigenvalue weighted by Crippen LogP contribution is -2.32. The largest absolute Gasteiger partial charge is 0.369 e. The topological polar surface area (TPSA) is 74.3 Å². The summed E-state index contributed by atoms with van der Waals surface area (Å²) in [6.45, 7) is 2.74. The summed E-state index contributed by atoms with van der Waals surface area (Å²) in [5.41, 5.74) is 0. The highest BCUT2D eigenvalue weighted by atomic mass is 35.5. The molecule has 1 atom stereocenters. The standard InChI is InChI=1S/C13H16Cl2N4O2/c1-3-4-16-11-7(14)5-8(15)12(18-11)17-9-6-10(20)19(2)13(9)21/h5,9H,3-4,6H2,1-2H3,(H2,16,17,18). The highest BCUT2D eigenvalue weighted by molar-refractivity contribution is 6.37. The number of hydrogen-bond acceptors (Lipinski definition) is 5. The van der Waals surface area contributed by atoms with Gasteiger partial charge in [-0.2, -0.15) is 0 Å². The van der Waals surface area contributed by atoms with Gasteiger partial charge in [-0.3, -0.25) is 14.5 Å². The minimum atomic E-state index is -0.646. The summed E-state index contributed by atoms with van der Waals surface area (Å²) in [4.78, 5) is 28.8. The van der Waals surface area contributed by atoms with Crippen molar-refractivity contribution in [2.24, 2.45) is 0 Å². The molecule has 1 aliphatic rings. The van der Waals surface area contributed by atoms with Gasteiger partial charge in [0.05, 0.1) is 16.5 Å². The van der Waals surface area contributed by atoms with Crippen molar-refractivity contribution in [1.82, 2.24) is 9.88 Å². The Morgan fingerprint density at radius 3 is 2.57 bits per heavy atom. The van der Waals surface area contributed by atoms with Crippen molar-refractivity contribution in [2.45, 2.75) is 25.8 Å². The van der Waals surface area contributed by atoms with E-state index in [0.717, 1.165) is 17.9 Å². The van der Waals surface area contributed by atoms with Gasteiger partial charge in [0.2, 0.25) is 5.91 Å². The number of halogens is 2. The van der Waals surface area contributed by atoms with Crippen LogP contribution in [0.5, 0.6) is 0 Å². The van der Waals surface area contributed by atoms with Crippen LogP contribution in [0.25, 0.3) is 0 Å². The molecule has 2 rings (SSSR count). The summed E-state index contributed by atoms with van der Waals surface area (Å²) in [7, 11) is 1.46. The second-order valence-electron chi connectivity index (χ2n) is 4.77. The number of likely N-dealkylation sites (N-methyl/N-ethyl adjacent to an activating group) is 1. The summed E-state index contributed by atoms with van der Waals surface area (Å²) < 4.78 is 0. The molecule has 2 amide bonds. The van der Waals surface area contributed by atoms with E-state index < -0.39 is 6.04 Å². The smallest absolute Gasteiger partial charge is 0.251 e. The monoisotopic (exact) mass is 330 g/mol. The molecule has 2 heterocycles. The van der Waals surface area contributed by atoms with E-state index >= 15 is 0 Å². The summed E-state index contributed by atoms with van der Waals surface area (Å²) in [6.07, 6.45) is 1.01. The van der Waals surface area contributed by atoms with E-state index in [1.807, 2.05) is 6.92 Å². The number of amides is 2. The normalized spacial score (nSPS) is 18.3. The molecular formula is C13H16Cl2N4O2. The van der Waals surface area contributed by atoms with Gasteiger partial charge in [-0.15, -0.1) is 0 Å². The second-order valence-corrected chi connectivity index (χ2v) is 5.58. The number of imide groups is 1. The molecule has 8 heteroatoms. The fourth-order valence-electron chi connectivity index (χ4n) is 1.97. The summed E-state index contributed by atoms with van der Waals surface area (Å²) in [6, 6.07) is 0.911. The first kappa shape index (κ1) is 15.9. The number of carbonyl (C=O) groups is 2. The molecule has 0 spiro atoms. The Kier molecular flexibility index (Phi) is 4.90. The first-order chi connectivity index (χ1) is 9.93. The predicted octanol–water partition coefficient (Wildman–Crippen LogP) is 2.38. The molecule has 2 N–H and O–H groups in total. The first-order valence-corrected chi connectivity index (χ1v) is 7.36. The fourth-order valence-corrected chi connectivity index (χ4v) is 2.45. The molecule has 1 fully saturated rings. The number of anilines is 2. The molecule has 0 bridgehead atoms. The van der Waals surface area contributed by atoms with Crippen molar-refractivity contribution in [3.05, 3.63) is 16.1 Å². The third kappa shape index (κ3) is 3.39. The van der Waals surface area contributed by atoms with E-state index in [2.05, 4.69) is 15.6 Å². The average molecular weight is 331 g/mol. The first-order valence-electron chi connectivity index (χ1n) is 6.61. The molecule has 0 aromatic carbocycles. The number of aromatic nitrogens is 1. The minimum Gasteiger partial charge on any atom is -0.369 e. The number of hydrogen-bond donors (Lipinski definition) is 2. The number of rotatable bonds is 5. The van der Waals surface area contributed by atoms with E-state index in [9.17, 15) is 9.59 Å². The molecule has 1 unspecified atom stereocenters. The van der Waals surface area contributed by atoms with Crippen molar-refractivity contribution in [3.8, 4) is 0 Å². The molecule has 114 valence electrons. The van der Waals surface area contributed by atoms with Crippen molar-refractivity contribution in [2.75, 3.05) is 24.2 Å². The number of likely N-dealkylation sites (tertiary alicyclic amines) is 1. The Balaban J connectivity index is 2.20. The fraction of sp³-hybridized carbons (Fsp3) is 0.462. The maximum Gasteiger partial charge on any atom is 0.251 e. The van der Waals surface area contributed by atoms with Gasteiger partial charge in [0.1, 0.15) is 17.7 Å². The van der Waals surface area contributed by atoms with E-state index in [1.165, 1.54) is 7.05 Å². The predicted molar refractivity (Wildman–Crippen MR) is 82.8 cm³/mol. The molecule has 6 nitrogen and oxygen atoms in total. The van der Waals surface area contributed by atoms with Crippen LogP contribution >= 0.6 is 23.2 Å². The van der Waals surface area contributed by atoms with Crippen LogP contribution in [0.2, 0.25) is 10.0 Å². The average Bonchev–Trinajstić information content (AvgIpc) is 2.68. The molecule has 0 saturated carbocycles. The lowest BCUT2D eigenvalue weighted by atomic mass is 10.2. The molecular weight excluding hydrogens is 315 g/mol. The number of pyridine rings is 1. The van der Waals surface area contributed by atoms with E-state index in [1.54, 1.807) is 6.07 Å². The maximum atomic E-state index is 11.9. The lowest BCUT2D eigenvalue weighted by Gasteiger charge is -2.15. The van der Waals surface area contributed by atoms with Gasteiger partial charge in [0.15, 0.2) is 0 Å². The maximum absolute atomic E-state index is 11.9. The van der Waals surface area contributed by atoms with E-state index in [4.69, 9.17) is 23.2 Å². The van der Waals surface area contributed by atoms with E-state index in [-0.39, 0.29) is 18.2 Å². The highest BCUT2D eigenvalue weighted by Crippen LogP contribution is 2.30. The van der Waals surface area contributed by atoms with Crippen LogP contribution in [-0.4, -0.2) is 41.3 Å². The Morgan fingerprint density at radius 1 is 1.33 bits per heavy atom. The third-order valence-corrected chi connectivity index (χ3v) is 3.74. The molecule has 1 aromatic heterocycles. The van der Waals surface area contributed by atoms with Gasteiger partial charge in [-0.1, -0.05) is 30.1 Å². The van der Waals surface area contributed by atoms with Crippen LogP contribution in [0.15, 0.2) is 6.07 Å². The lowest BCUT2D eigenvalue weighted by molar-refractivity contribution is -0.136. The Hall–Kier alpha value is -1.53. The number of nitrogens with one attached hydrogen (secondary N) is 2. The van der Waals surface area contributed by atoms with Crippen LogP contribution < -0.4 is 10.6 Å². The third-order valence-electron chi connectivity index (χ3n) is 3.16. The van der Waals surface area contributed by atoms with Gasteiger partial charge in [-0.25, -0.2) is 4.98 Å². The van der Waals surface area contributed by atoms with Gasteiger partial charge >= 0.3 is 0 Å². The molecule has 0 aliphatic carbocycles. The second kappa shape index (κ2) is 6.49. The molecule has 1 aromatic rings. The van der Waals surface area contributed by atoms with Gasteiger partial charge in [0.25, 0.3) is 5.91 Å². The quantitative estimate of drug-likeness (QED) is 0.811. The number of carbonyl (C=O) groups excluding carboxylic acids is 2. The van der Waals surface area contributed by atoms with Gasteiger partial charge in [0, 0.05) is 13.6 Å². The van der Waals surface area contributed by atoms with E-state index in [0.29, 0.717) is 21.7 Å². The van der Waals surface area contributed by atoms with Crippen LogP contribution in [0.4, 0.5) is 11.6 Å². The zero-order chi connectivity index (χ0) is 15.6. The van der Waals surface area contributed by atoms with Crippen LogP contribution in [0.3, 0.4) is 0 Å². The van der Waals surface area contributed by atoms with Gasteiger partial charge < -0.3 is 10.6 Å². The van der Waals surface area contributed by atoms with Crippen molar-refractivity contribution in [3.63, 3.8) is 0 Å². The molecule has 21 heavy (non-hydrogen) atoms. The Morgan fingerprint density at radius 2 is 2.00 bits per heavy atom.